The molecule has 3 heteroatoms. The number of carbonyl (C=O) groups is 1. The molecule has 4 aliphatic carbocycles. The predicted molar refractivity (Wildman–Crippen MR) is 93.3 cm³/mol. The third-order valence-electron chi connectivity index (χ3n) is 8.73. The number of hydrogen-bond acceptors (Lipinski definition) is 3. The Morgan fingerprint density at radius 2 is 1.75 bits per heavy atom. The van der Waals surface area contributed by atoms with Crippen molar-refractivity contribution in [3.05, 3.63) is 11.6 Å². The maximum absolute atomic E-state index is 12.6. The van der Waals surface area contributed by atoms with Gasteiger partial charge < -0.3 is 10.2 Å². The Labute approximate surface area is 145 Å². The molecule has 0 unspecified atom stereocenters. The van der Waals surface area contributed by atoms with Crippen LogP contribution in [-0.4, -0.2) is 28.2 Å². The molecule has 0 aromatic rings. The highest BCUT2D eigenvalue weighted by Crippen LogP contribution is 2.66. The Bertz CT molecular complexity index is 582. The first kappa shape index (κ1) is 16.8. The summed E-state index contributed by atoms with van der Waals surface area (Å²) in [6, 6.07) is 0. The van der Waals surface area contributed by atoms with Gasteiger partial charge in [0.2, 0.25) is 0 Å². The summed E-state index contributed by atoms with van der Waals surface area (Å²) in [7, 11) is 0. The minimum Gasteiger partial charge on any atom is -0.390 e. The van der Waals surface area contributed by atoms with Gasteiger partial charge in [0.05, 0.1) is 12.2 Å². The van der Waals surface area contributed by atoms with E-state index in [1.54, 1.807) is 0 Å². The Balaban J connectivity index is 1.67. The zero-order valence-corrected chi connectivity index (χ0v) is 15.3. The first-order valence-corrected chi connectivity index (χ1v) is 9.89. The van der Waals surface area contributed by atoms with E-state index in [1.165, 1.54) is 0 Å². The monoisotopic (exact) mass is 332 g/mol. The third kappa shape index (κ3) is 2.00. The molecule has 0 aromatic heterocycles. The number of aliphatic hydroxyl groups is 2. The predicted octanol–water partition coefficient (Wildman–Crippen LogP) is 3.49. The summed E-state index contributed by atoms with van der Waals surface area (Å²) in [5.74, 6) is 2.29. The van der Waals surface area contributed by atoms with Gasteiger partial charge in [-0.25, -0.2) is 0 Å². The average molecular weight is 332 g/mol. The molecule has 2 N–H and O–H groups in total. The second-order valence-corrected chi connectivity index (χ2v) is 9.45. The lowest BCUT2D eigenvalue weighted by atomic mass is 9.44. The molecule has 0 aromatic carbocycles. The van der Waals surface area contributed by atoms with Crippen molar-refractivity contribution in [2.24, 2.45) is 34.5 Å². The van der Waals surface area contributed by atoms with Gasteiger partial charge in [0, 0.05) is 6.42 Å². The Morgan fingerprint density at radius 1 is 1.00 bits per heavy atom. The fourth-order valence-corrected chi connectivity index (χ4v) is 7.46. The van der Waals surface area contributed by atoms with Crippen molar-refractivity contribution < 1.29 is 15.0 Å². The van der Waals surface area contributed by atoms with Crippen LogP contribution in [0.2, 0.25) is 0 Å². The Kier molecular flexibility index (Phi) is 3.78. The highest BCUT2D eigenvalue weighted by molar-refractivity contribution is 5.99. The normalized spacial score (nSPS) is 55.9. The van der Waals surface area contributed by atoms with Crippen LogP contribution in [0.1, 0.15) is 65.7 Å². The topological polar surface area (TPSA) is 57.5 Å². The van der Waals surface area contributed by atoms with Crippen molar-refractivity contribution in [3.8, 4) is 0 Å². The van der Waals surface area contributed by atoms with Crippen molar-refractivity contribution in [3.63, 3.8) is 0 Å². The van der Waals surface area contributed by atoms with Crippen molar-refractivity contribution in [1.29, 1.82) is 0 Å². The van der Waals surface area contributed by atoms with Crippen LogP contribution >= 0.6 is 0 Å². The van der Waals surface area contributed by atoms with Crippen LogP contribution < -0.4 is 0 Å². The van der Waals surface area contributed by atoms with E-state index in [0.29, 0.717) is 23.5 Å². The van der Waals surface area contributed by atoms with Crippen LogP contribution in [-0.2, 0) is 4.79 Å². The fraction of sp³-hybridized carbons (Fsp3) is 0.857. The number of ketones is 1. The molecule has 0 heterocycles. The lowest BCUT2D eigenvalue weighted by molar-refractivity contribution is -0.169. The number of rotatable bonds is 0. The van der Waals surface area contributed by atoms with Gasteiger partial charge in [-0.3, -0.25) is 4.79 Å². The van der Waals surface area contributed by atoms with E-state index in [0.717, 1.165) is 50.5 Å². The maximum atomic E-state index is 12.6. The largest absolute Gasteiger partial charge is 0.390 e. The molecular formula is C21H32O3. The lowest BCUT2D eigenvalue weighted by Crippen LogP contribution is -2.57. The molecule has 0 saturated heterocycles. The second kappa shape index (κ2) is 5.41. The van der Waals surface area contributed by atoms with E-state index < -0.39 is 12.2 Å². The lowest BCUT2D eigenvalue weighted by Gasteiger charge is -2.61. The summed E-state index contributed by atoms with van der Waals surface area (Å²) < 4.78 is 0. The van der Waals surface area contributed by atoms with E-state index in [1.807, 2.05) is 6.92 Å². The van der Waals surface area contributed by atoms with Crippen molar-refractivity contribution in [1.82, 2.24) is 0 Å². The number of carbonyl (C=O) groups excluding carboxylic acids is 1. The molecule has 0 radical (unpaired) electrons. The summed E-state index contributed by atoms with van der Waals surface area (Å²) in [6.07, 6.45) is 7.80. The molecule has 4 fully saturated rings. The molecule has 4 aliphatic rings. The molecule has 0 spiro atoms. The van der Waals surface area contributed by atoms with Crippen molar-refractivity contribution >= 4 is 5.78 Å². The average Bonchev–Trinajstić information content (AvgIpc) is 2.81. The first-order valence-electron chi connectivity index (χ1n) is 9.89. The molecule has 24 heavy (non-hydrogen) atoms. The van der Waals surface area contributed by atoms with E-state index in [9.17, 15) is 15.0 Å². The van der Waals surface area contributed by atoms with Crippen LogP contribution in [0, 0.1) is 34.5 Å². The minimum absolute atomic E-state index is 0.0724. The number of hydrogen-bond donors (Lipinski definition) is 2. The van der Waals surface area contributed by atoms with Crippen LogP contribution in [0.5, 0.6) is 0 Å². The van der Waals surface area contributed by atoms with E-state index in [2.05, 4.69) is 19.9 Å². The molecule has 4 rings (SSSR count). The summed E-state index contributed by atoms with van der Waals surface area (Å²) in [6.45, 7) is 6.70. The zero-order chi connectivity index (χ0) is 17.3. The van der Waals surface area contributed by atoms with Gasteiger partial charge in [-0.15, -0.1) is 0 Å². The molecule has 0 bridgehead atoms. The maximum Gasteiger partial charge on any atom is 0.159 e. The quantitative estimate of drug-likeness (QED) is 0.668. The van der Waals surface area contributed by atoms with Crippen LogP contribution in [0.25, 0.3) is 0 Å². The molecule has 3 nitrogen and oxygen atoms in total. The van der Waals surface area contributed by atoms with Crippen LogP contribution in [0.4, 0.5) is 0 Å². The summed E-state index contributed by atoms with van der Waals surface area (Å²) in [5.41, 5.74) is 1.28. The van der Waals surface area contributed by atoms with Crippen molar-refractivity contribution in [2.45, 2.75) is 77.9 Å². The third-order valence-corrected chi connectivity index (χ3v) is 8.73. The van der Waals surface area contributed by atoms with Gasteiger partial charge in [-0.1, -0.05) is 19.9 Å². The number of allylic oxidation sites excluding steroid dienone is 2. The van der Waals surface area contributed by atoms with Crippen molar-refractivity contribution in [2.75, 3.05) is 0 Å². The fourth-order valence-electron chi connectivity index (χ4n) is 7.46. The summed E-state index contributed by atoms with van der Waals surface area (Å²) in [4.78, 5) is 12.6. The molecule has 0 aliphatic heterocycles. The molecule has 4 saturated carbocycles. The summed E-state index contributed by atoms with van der Waals surface area (Å²) >= 11 is 0. The number of aliphatic hydroxyl groups excluding tert-OH is 2. The summed E-state index contributed by atoms with van der Waals surface area (Å²) in [5, 5.41) is 20.7. The van der Waals surface area contributed by atoms with Crippen LogP contribution in [0.3, 0.4) is 0 Å². The molecule has 134 valence electrons. The van der Waals surface area contributed by atoms with Gasteiger partial charge >= 0.3 is 0 Å². The smallest absolute Gasteiger partial charge is 0.159 e. The highest BCUT2D eigenvalue weighted by atomic mass is 16.3. The van der Waals surface area contributed by atoms with E-state index in [4.69, 9.17) is 0 Å². The van der Waals surface area contributed by atoms with Gasteiger partial charge in [-0.2, -0.15) is 0 Å². The zero-order valence-electron chi connectivity index (χ0n) is 15.3. The van der Waals surface area contributed by atoms with Gasteiger partial charge in [0.15, 0.2) is 5.78 Å². The number of fused-ring (bicyclic) bond motifs is 5. The SMILES string of the molecule is C/C=C1\C(=O)C[C@H]2[C@@H]3CC[C@@H]4[C@@H](O)[C@@H](O)CC[C@]4(C)[C@H]3CC[C@]12C. The molecule has 0 amide bonds. The number of Topliss-reactive ketones (excluding diaryl/α,β-unsaturated/α-hetero) is 1. The first-order chi connectivity index (χ1) is 11.3. The highest BCUT2D eigenvalue weighted by Gasteiger charge is 2.61. The van der Waals surface area contributed by atoms with Crippen LogP contribution in [0.15, 0.2) is 11.6 Å². The molecular weight excluding hydrogens is 300 g/mol. The molecule has 8 atom stereocenters. The van der Waals surface area contributed by atoms with E-state index >= 15 is 0 Å². The Hall–Kier alpha value is -0.670. The van der Waals surface area contributed by atoms with Gasteiger partial charge in [0.1, 0.15) is 0 Å². The van der Waals surface area contributed by atoms with Gasteiger partial charge in [-0.05, 0) is 85.5 Å². The standard InChI is InChI=1S/C21H32O3/c1-4-13-18(23)11-16-12-5-6-15-19(24)17(22)8-10-21(15,3)14(12)7-9-20(13,16)2/h4,12,14-17,19,22,24H,5-11H2,1-3H3/b13-4+/t12-,14+,15-,16+,17+,19-,20-,21-/m1/s1. The minimum atomic E-state index is -0.561. The van der Waals surface area contributed by atoms with Gasteiger partial charge in [0.25, 0.3) is 0 Å². The van der Waals surface area contributed by atoms with E-state index in [-0.39, 0.29) is 16.7 Å². The second-order valence-electron chi connectivity index (χ2n) is 9.45. The Morgan fingerprint density at radius 3 is 2.46 bits per heavy atom.